The van der Waals surface area contributed by atoms with E-state index in [1.54, 1.807) is 0 Å². The number of benzene rings is 4. The van der Waals surface area contributed by atoms with Crippen LogP contribution in [0.3, 0.4) is 0 Å². The summed E-state index contributed by atoms with van der Waals surface area (Å²) in [5.74, 6) is 0.982. The van der Waals surface area contributed by atoms with Crippen molar-refractivity contribution in [2.45, 2.75) is 6.61 Å². The van der Waals surface area contributed by atoms with Crippen molar-refractivity contribution >= 4 is 21.5 Å². The van der Waals surface area contributed by atoms with Crippen LogP contribution in [0.1, 0.15) is 5.56 Å². The van der Waals surface area contributed by atoms with E-state index in [-0.39, 0.29) is 0 Å². The number of rotatable bonds is 0. The molecule has 4 aromatic rings. The molecule has 1 heteroatoms. The number of hydrogen-bond donors (Lipinski definition) is 0. The van der Waals surface area contributed by atoms with Gasteiger partial charge in [-0.25, -0.2) is 0 Å². The van der Waals surface area contributed by atoms with E-state index in [0.29, 0.717) is 6.61 Å². The van der Waals surface area contributed by atoms with Crippen molar-refractivity contribution in [3.63, 3.8) is 0 Å². The highest BCUT2D eigenvalue weighted by Crippen LogP contribution is 2.43. The van der Waals surface area contributed by atoms with Gasteiger partial charge in [0.2, 0.25) is 0 Å². The third-order valence-electron chi connectivity index (χ3n) is 4.54. The van der Waals surface area contributed by atoms with Crippen LogP contribution >= 0.6 is 0 Å². The fourth-order valence-corrected chi connectivity index (χ4v) is 3.52. The lowest BCUT2D eigenvalue weighted by molar-refractivity contribution is 0.302. The van der Waals surface area contributed by atoms with Crippen molar-refractivity contribution in [3.8, 4) is 16.9 Å². The van der Waals surface area contributed by atoms with E-state index in [1.165, 1.54) is 38.2 Å². The van der Waals surface area contributed by atoms with Gasteiger partial charge in [-0.05, 0) is 33.2 Å². The van der Waals surface area contributed by atoms with Gasteiger partial charge in [-0.1, -0.05) is 66.7 Å². The monoisotopic (exact) mass is 282 g/mol. The molecule has 22 heavy (non-hydrogen) atoms. The van der Waals surface area contributed by atoms with Crippen LogP contribution in [0.4, 0.5) is 0 Å². The first-order chi connectivity index (χ1) is 10.9. The summed E-state index contributed by atoms with van der Waals surface area (Å²) in [6, 6.07) is 25.8. The fraction of sp³-hybridized carbons (Fsp3) is 0.0476. The minimum Gasteiger partial charge on any atom is -0.488 e. The summed E-state index contributed by atoms with van der Waals surface area (Å²) in [6.45, 7) is 0.644. The van der Waals surface area contributed by atoms with Crippen LogP contribution in [0.2, 0.25) is 0 Å². The molecule has 0 saturated heterocycles. The van der Waals surface area contributed by atoms with E-state index in [4.69, 9.17) is 4.74 Å². The molecule has 1 heterocycles. The van der Waals surface area contributed by atoms with Gasteiger partial charge >= 0.3 is 0 Å². The first kappa shape index (κ1) is 11.8. The Kier molecular flexibility index (Phi) is 2.33. The Morgan fingerprint density at radius 2 is 1.45 bits per heavy atom. The predicted molar refractivity (Wildman–Crippen MR) is 91.2 cm³/mol. The van der Waals surface area contributed by atoms with Gasteiger partial charge in [-0.2, -0.15) is 0 Å². The Hall–Kier alpha value is -2.80. The molecule has 0 N–H and O–H groups in total. The largest absolute Gasteiger partial charge is 0.488 e. The van der Waals surface area contributed by atoms with Crippen LogP contribution in [-0.4, -0.2) is 0 Å². The molecule has 0 bridgehead atoms. The lowest BCUT2D eigenvalue weighted by Gasteiger charge is -2.23. The molecule has 4 aromatic carbocycles. The van der Waals surface area contributed by atoms with Crippen molar-refractivity contribution in [3.05, 3.63) is 78.4 Å². The van der Waals surface area contributed by atoms with Gasteiger partial charge in [-0.3, -0.25) is 0 Å². The molecule has 1 nitrogen and oxygen atoms in total. The normalized spacial score (nSPS) is 12.7. The van der Waals surface area contributed by atoms with E-state index in [0.717, 1.165) is 5.75 Å². The second kappa shape index (κ2) is 4.35. The summed E-state index contributed by atoms with van der Waals surface area (Å²) in [5.41, 5.74) is 3.80. The second-order valence-corrected chi connectivity index (χ2v) is 5.77. The maximum atomic E-state index is 5.91. The maximum absolute atomic E-state index is 5.91. The first-order valence-electron chi connectivity index (χ1n) is 7.57. The Morgan fingerprint density at radius 1 is 0.682 bits per heavy atom. The topological polar surface area (TPSA) is 9.23 Å². The standard InChI is InChI=1S/C21H14O/c1-2-6-17-14(5-1)9-10-15-11-12-16-13-22-19-8-4-3-7-18(19)21(16)20(15)17/h1-12H,13H2. The maximum Gasteiger partial charge on any atom is 0.127 e. The quantitative estimate of drug-likeness (QED) is 0.384. The van der Waals surface area contributed by atoms with E-state index in [1.807, 2.05) is 6.07 Å². The third-order valence-corrected chi connectivity index (χ3v) is 4.54. The number of hydrogen-bond acceptors (Lipinski definition) is 1. The zero-order valence-electron chi connectivity index (χ0n) is 12.0. The van der Waals surface area contributed by atoms with E-state index in [9.17, 15) is 0 Å². The molecule has 5 rings (SSSR count). The van der Waals surface area contributed by atoms with Crippen LogP contribution in [0, 0.1) is 0 Å². The molecule has 104 valence electrons. The van der Waals surface area contributed by atoms with Crippen molar-refractivity contribution in [1.29, 1.82) is 0 Å². The zero-order valence-corrected chi connectivity index (χ0v) is 12.0. The highest BCUT2D eigenvalue weighted by atomic mass is 16.5. The minimum absolute atomic E-state index is 0.644. The van der Waals surface area contributed by atoms with Gasteiger partial charge in [0.05, 0.1) is 0 Å². The van der Waals surface area contributed by atoms with Gasteiger partial charge in [0, 0.05) is 11.1 Å². The SMILES string of the molecule is c1ccc2c(c1)OCc1ccc3ccc4ccccc4c3c1-2. The van der Waals surface area contributed by atoms with Crippen LogP contribution in [0.15, 0.2) is 72.8 Å². The third kappa shape index (κ3) is 1.54. The smallest absolute Gasteiger partial charge is 0.127 e. The average Bonchev–Trinajstić information content (AvgIpc) is 2.60. The molecule has 0 aliphatic carbocycles. The lowest BCUT2D eigenvalue weighted by Crippen LogP contribution is -2.05. The Morgan fingerprint density at radius 3 is 2.45 bits per heavy atom. The Balaban J connectivity index is 2.03. The van der Waals surface area contributed by atoms with Crippen LogP contribution in [0.5, 0.6) is 5.75 Å². The summed E-state index contributed by atoms with van der Waals surface area (Å²) in [5, 5.41) is 5.22. The zero-order chi connectivity index (χ0) is 14.5. The number of para-hydroxylation sites is 1. The molecule has 0 unspecified atom stereocenters. The van der Waals surface area contributed by atoms with Gasteiger partial charge < -0.3 is 4.74 Å². The molecule has 0 atom stereocenters. The highest BCUT2D eigenvalue weighted by Gasteiger charge is 2.20. The predicted octanol–water partition coefficient (Wildman–Crippen LogP) is 5.55. The molecule has 0 amide bonds. The molecule has 0 aromatic heterocycles. The Labute approximate surface area is 128 Å². The summed E-state index contributed by atoms with van der Waals surface area (Å²) < 4.78 is 5.91. The first-order valence-corrected chi connectivity index (χ1v) is 7.57. The van der Waals surface area contributed by atoms with Gasteiger partial charge in [0.1, 0.15) is 12.4 Å². The van der Waals surface area contributed by atoms with Crippen molar-refractivity contribution in [2.75, 3.05) is 0 Å². The van der Waals surface area contributed by atoms with E-state index < -0.39 is 0 Å². The van der Waals surface area contributed by atoms with Crippen LogP contribution in [0.25, 0.3) is 32.7 Å². The summed E-state index contributed by atoms with van der Waals surface area (Å²) >= 11 is 0. The minimum atomic E-state index is 0.644. The van der Waals surface area contributed by atoms with Gasteiger partial charge in [0.25, 0.3) is 0 Å². The van der Waals surface area contributed by atoms with Crippen LogP contribution in [-0.2, 0) is 6.61 Å². The molecule has 0 saturated carbocycles. The van der Waals surface area contributed by atoms with Gasteiger partial charge in [0.15, 0.2) is 0 Å². The van der Waals surface area contributed by atoms with Crippen LogP contribution < -0.4 is 4.74 Å². The average molecular weight is 282 g/mol. The second-order valence-electron chi connectivity index (χ2n) is 5.77. The lowest BCUT2D eigenvalue weighted by atomic mass is 9.89. The molecular formula is C21H14O. The molecule has 0 spiro atoms. The fourth-order valence-electron chi connectivity index (χ4n) is 3.52. The molecule has 1 aliphatic heterocycles. The summed E-state index contributed by atoms with van der Waals surface area (Å²) in [4.78, 5) is 0. The highest BCUT2D eigenvalue weighted by molar-refractivity contribution is 6.15. The summed E-state index contributed by atoms with van der Waals surface area (Å²) in [7, 11) is 0. The Bertz CT molecular complexity index is 1030. The van der Waals surface area contributed by atoms with Crippen molar-refractivity contribution in [1.82, 2.24) is 0 Å². The number of ether oxygens (including phenoxy) is 1. The molecular weight excluding hydrogens is 268 g/mol. The van der Waals surface area contributed by atoms with Gasteiger partial charge in [-0.15, -0.1) is 0 Å². The molecule has 0 fully saturated rings. The molecule has 0 radical (unpaired) electrons. The summed E-state index contributed by atoms with van der Waals surface area (Å²) in [6.07, 6.45) is 0. The molecule has 1 aliphatic rings. The van der Waals surface area contributed by atoms with Crippen molar-refractivity contribution < 1.29 is 4.74 Å². The van der Waals surface area contributed by atoms with E-state index >= 15 is 0 Å². The van der Waals surface area contributed by atoms with Crippen molar-refractivity contribution in [2.24, 2.45) is 0 Å². The van der Waals surface area contributed by atoms with E-state index in [2.05, 4.69) is 66.7 Å². The number of fused-ring (bicyclic) bond motifs is 7.